The quantitative estimate of drug-likeness (QED) is 0.739. The van der Waals surface area contributed by atoms with Crippen LogP contribution >= 0.6 is 0 Å². The van der Waals surface area contributed by atoms with E-state index in [9.17, 15) is 5.11 Å². The van der Waals surface area contributed by atoms with Gasteiger partial charge < -0.3 is 9.84 Å². The Morgan fingerprint density at radius 1 is 1.36 bits per heavy atom. The van der Waals surface area contributed by atoms with E-state index in [0.29, 0.717) is 12.3 Å². The Morgan fingerprint density at radius 2 is 2.07 bits per heavy atom. The van der Waals surface area contributed by atoms with E-state index in [4.69, 9.17) is 4.74 Å². The van der Waals surface area contributed by atoms with Crippen molar-refractivity contribution in [1.29, 1.82) is 0 Å². The normalized spacial score (nSPS) is 26.3. The maximum Gasteiger partial charge on any atom is 0.159 e. The molecule has 2 unspecified atom stereocenters. The van der Waals surface area contributed by atoms with Crippen molar-refractivity contribution >= 4 is 0 Å². The Balaban J connectivity index is 2.38. The molecule has 2 rings (SSSR count). The van der Waals surface area contributed by atoms with E-state index in [1.165, 1.54) is 11.1 Å². The average molecular weight is 192 g/mol. The Hall–Kier alpha value is -0.860. The zero-order valence-corrected chi connectivity index (χ0v) is 8.60. The van der Waals surface area contributed by atoms with Crippen LogP contribution in [0.25, 0.3) is 0 Å². The van der Waals surface area contributed by atoms with Crippen LogP contribution in [0.1, 0.15) is 31.1 Å². The summed E-state index contributed by atoms with van der Waals surface area (Å²) >= 11 is 0. The number of hydrogen-bond acceptors (Lipinski definition) is 2. The summed E-state index contributed by atoms with van der Waals surface area (Å²) in [7, 11) is 0. The molecule has 0 saturated carbocycles. The molecule has 1 heterocycles. The second kappa shape index (κ2) is 3.71. The second-order valence-corrected chi connectivity index (χ2v) is 4.16. The summed E-state index contributed by atoms with van der Waals surface area (Å²) in [5.41, 5.74) is 2.44. The molecule has 2 atom stereocenters. The van der Waals surface area contributed by atoms with Crippen LogP contribution < -0.4 is 0 Å². The molecule has 0 amide bonds. The third-order valence-electron chi connectivity index (χ3n) is 2.67. The van der Waals surface area contributed by atoms with Crippen LogP contribution in [0.4, 0.5) is 0 Å². The highest BCUT2D eigenvalue weighted by Crippen LogP contribution is 2.34. The molecule has 1 aromatic rings. The summed E-state index contributed by atoms with van der Waals surface area (Å²) in [4.78, 5) is 0. The van der Waals surface area contributed by atoms with Crippen LogP contribution in [0, 0.1) is 5.92 Å². The van der Waals surface area contributed by atoms with Gasteiger partial charge in [0, 0.05) is 6.42 Å². The fourth-order valence-corrected chi connectivity index (χ4v) is 1.99. The predicted molar refractivity (Wildman–Crippen MR) is 54.8 cm³/mol. The fraction of sp³-hybridized carbons (Fsp3) is 0.500. The SMILES string of the molecule is CC(C)C1OC(O)Cc2ccccc21. The molecule has 0 bridgehead atoms. The first-order valence-corrected chi connectivity index (χ1v) is 5.10. The molecule has 2 heteroatoms. The van der Waals surface area contributed by atoms with Crippen LogP contribution in [-0.2, 0) is 11.2 Å². The Bertz CT molecular complexity index is 320. The fourth-order valence-electron chi connectivity index (χ4n) is 1.99. The van der Waals surface area contributed by atoms with Crippen LogP contribution in [0.3, 0.4) is 0 Å². The Labute approximate surface area is 84.5 Å². The van der Waals surface area contributed by atoms with Gasteiger partial charge in [0.05, 0.1) is 6.10 Å². The lowest BCUT2D eigenvalue weighted by Crippen LogP contribution is -2.28. The van der Waals surface area contributed by atoms with Crippen molar-refractivity contribution in [2.45, 2.75) is 32.7 Å². The standard InChI is InChI=1S/C12H16O2/c1-8(2)12-10-6-4-3-5-9(10)7-11(13)14-12/h3-6,8,11-13H,7H2,1-2H3. The van der Waals surface area contributed by atoms with E-state index in [2.05, 4.69) is 26.0 Å². The van der Waals surface area contributed by atoms with E-state index in [1.54, 1.807) is 0 Å². The highest BCUT2D eigenvalue weighted by molar-refractivity contribution is 5.31. The van der Waals surface area contributed by atoms with Gasteiger partial charge in [0.1, 0.15) is 0 Å². The predicted octanol–water partition coefficient (Wildman–Crippen LogP) is 2.27. The van der Waals surface area contributed by atoms with E-state index >= 15 is 0 Å². The molecule has 76 valence electrons. The lowest BCUT2D eigenvalue weighted by Gasteiger charge is -2.31. The summed E-state index contributed by atoms with van der Waals surface area (Å²) in [5.74, 6) is 0.395. The van der Waals surface area contributed by atoms with Crippen molar-refractivity contribution < 1.29 is 9.84 Å². The lowest BCUT2D eigenvalue weighted by molar-refractivity contribution is -0.158. The largest absolute Gasteiger partial charge is 0.368 e. The highest BCUT2D eigenvalue weighted by Gasteiger charge is 2.27. The molecule has 1 aliphatic rings. The van der Waals surface area contributed by atoms with E-state index in [-0.39, 0.29) is 6.10 Å². The van der Waals surface area contributed by atoms with E-state index in [0.717, 1.165) is 0 Å². The number of benzene rings is 1. The van der Waals surface area contributed by atoms with Gasteiger partial charge in [-0.1, -0.05) is 38.1 Å². The van der Waals surface area contributed by atoms with Crippen molar-refractivity contribution in [3.8, 4) is 0 Å². The van der Waals surface area contributed by atoms with Gasteiger partial charge in [0.2, 0.25) is 0 Å². The molecule has 0 aliphatic carbocycles. The van der Waals surface area contributed by atoms with Crippen LogP contribution in [0.15, 0.2) is 24.3 Å². The number of hydrogen-bond donors (Lipinski definition) is 1. The minimum Gasteiger partial charge on any atom is -0.368 e. The van der Waals surface area contributed by atoms with Gasteiger partial charge in [-0.3, -0.25) is 0 Å². The summed E-state index contributed by atoms with van der Waals surface area (Å²) in [5, 5.41) is 9.55. The topological polar surface area (TPSA) is 29.5 Å². The summed E-state index contributed by atoms with van der Waals surface area (Å²) in [6, 6.07) is 8.19. The Kier molecular flexibility index (Phi) is 2.57. The average Bonchev–Trinajstić information content (AvgIpc) is 2.16. The minimum absolute atomic E-state index is 0.0370. The highest BCUT2D eigenvalue weighted by atomic mass is 16.6. The third-order valence-corrected chi connectivity index (χ3v) is 2.67. The first kappa shape index (κ1) is 9.69. The van der Waals surface area contributed by atoms with E-state index < -0.39 is 6.29 Å². The molecule has 14 heavy (non-hydrogen) atoms. The molecule has 0 aromatic heterocycles. The molecule has 1 N–H and O–H groups in total. The van der Waals surface area contributed by atoms with Crippen LogP contribution in [0.2, 0.25) is 0 Å². The molecular weight excluding hydrogens is 176 g/mol. The molecule has 1 aromatic carbocycles. The van der Waals surface area contributed by atoms with Gasteiger partial charge in [-0.15, -0.1) is 0 Å². The van der Waals surface area contributed by atoms with Gasteiger partial charge in [-0.05, 0) is 17.0 Å². The second-order valence-electron chi connectivity index (χ2n) is 4.16. The van der Waals surface area contributed by atoms with Crippen molar-refractivity contribution in [2.75, 3.05) is 0 Å². The molecule has 0 spiro atoms. The van der Waals surface area contributed by atoms with Crippen molar-refractivity contribution in [3.05, 3.63) is 35.4 Å². The molecule has 0 saturated heterocycles. The van der Waals surface area contributed by atoms with Gasteiger partial charge in [-0.25, -0.2) is 0 Å². The maximum atomic E-state index is 9.55. The summed E-state index contributed by atoms with van der Waals surface area (Å²) in [6.45, 7) is 4.22. The first-order chi connectivity index (χ1) is 6.68. The molecule has 2 nitrogen and oxygen atoms in total. The number of rotatable bonds is 1. The zero-order valence-electron chi connectivity index (χ0n) is 8.60. The van der Waals surface area contributed by atoms with Gasteiger partial charge >= 0.3 is 0 Å². The number of ether oxygens (including phenoxy) is 1. The zero-order chi connectivity index (χ0) is 10.1. The number of fused-ring (bicyclic) bond motifs is 1. The molecule has 1 aliphatic heterocycles. The maximum absolute atomic E-state index is 9.55. The van der Waals surface area contributed by atoms with Crippen LogP contribution in [0.5, 0.6) is 0 Å². The van der Waals surface area contributed by atoms with Gasteiger partial charge in [0.15, 0.2) is 6.29 Å². The third kappa shape index (κ3) is 1.68. The van der Waals surface area contributed by atoms with Crippen molar-refractivity contribution in [2.24, 2.45) is 5.92 Å². The first-order valence-electron chi connectivity index (χ1n) is 5.10. The Morgan fingerprint density at radius 3 is 2.79 bits per heavy atom. The van der Waals surface area contributed by atoms with E-state index in [1.807, 2.05) is 12.1 Å². The monoisotopic (exact) mass is 192 g/mol. The van der Waals surface area contributed by atoms with Crippen molar-refractivity contribution in [3.63, 3.8) is 0 Å². The molecule has 0 fully saturated rings. The van der Waals surface area contributed by atoms with Crippen LogP contribution in [-0.4, -0.2) is 11.4 Å². The smallest absolute Gasteiger partial charge is 0.159 e. The summed E-state index contributed by atoms with van der Waals surface area (Å²) in [6.07, 6.45) is 0.00611. The number of aliphatic hydroxyl groups excluding tert-OH is 1. The summed E-state index contributed by atoms with van der Waals surface area (Å²) < 4.78 is 5.53. The molecular formula is C12H16O2. The minimum atomic E-state index is -0.641. The van der Waals surface area contributed by atoms with Gasteiger partial charge in [-0.2, -0.15) is 0 Å². The van der Waals surface area contributed by atoms with Crippen molar-refractivity contribution in [1.82, 2.24) is 0 Å². The lowest BCUT2D eigenvalue weighted by atomic mass is 9.91. The van der Waals surface area contributed by atoms with Gasteiger partial charge in [0.25, 0.3) is 0 Å². The molecule has 0 radical (unpaired) electrons. The number of aliphatic hydroxyl groups is 1.